The highest BCUT2D eigenvalue weighted by Crippen LogP contribution is 2.30. The number of rotatable bonds is 2. The number of benzene rings is 1. The van der Waals surface area contributed by atoms with Crippen LogP contribution in [0.3, 0.4) is 0 Å². The molecule has 0 N–H and O–H groups in total. The first-order valence-corrected chi connectivity index (χ1v) is 6.88. The highest BCUT2D eigenvalue weighted by Gasteiger charge is 2.29. The van der Waals surface area contributed by atoms with Crippen molar-refractivity contribution in [1.29, 1.82) is 0 Å². The maximum absolute atomic E-state index is 14.0. The molecule has 0 spiro atoms. The van der Waals surface area contributed by atoms with Crippen molar-refractivity contribution in [2.45, 2.75) is 24.8 Å². The minimum atomic E-state index is -0.218. The fourth-order valence-electron chi connectivity index (χ4n) is 2.23. The standard InChI is InChI=1S/C13H17BrFNO/c1-13(2)9-16(6-7-17-13)12-10(8-14)4-3-5-11(12)15/h3-5H,6-9H2,1-2H3. The zero-order chi connectivity index (χ0) is 12.5. The third-order valence-corrected chi connectivity index (χ3v) is 3.56. The van der Waals surface area contributed by atoms with Crippen LogP contribution in [0.1, 0.15) is 19.4 Å². The van der Waals surface area contributed by atoms with E-state index in [1.54, 1.807) is 6.07 Å². The maximum Gasteiger partial charge on any atom is 0.146 e. The number of morpholine rings is 1. The molecule has 1 aliphatic heterocycles. The molecule has 4 heteroatoms. The molecule has 0 saturated carbocycles. The lowest BCUT2D eigenvalue weighted by molar-refractivity contribution is -0.0278. The Balaban J connectivity index is 2.33. The molecule has 0 bridgehead atoms. The van der Waals surface area contributed by atoms with E-state index < -0.39 is 0 Å². The van der Waals surface area contributed by atoms with Crippen LogP contribution in [0.5, 0.6) is 0 Å². The second-order valence-corrected chi connectivity index (χ2v) is 5.47. The molecule has 1 heterocycles. The van der Waals surface area contributed by atoms with Crippen molar-refractivity contribution in [3.8, 4) is 0 Å². The van der Waals surface area contributed by atoms with Crippen molar-refractivity contribution in [3.05, 3.63) is 29.6 Å². The van der Waals surface area contributed by atoms with Crippen molar-refractivity contribution >= 4 is 21.6 Å². The Morgan fingerprint density at radius 1 is 1.47 bits per heavy atom. The molecule has 0 amide bonds. The average molecular weight is 302 g/mol. The van der Waals surface area contributed by atoms with Gasteiger partial charge in [-0.1, -0.05) is 28.1 Å². The lowest BCUT2D eigenvalue weighted by Crippen LogP contribution is -2.48. The molecule has 1 fully saturated rings. The van der Waals surface area contributed by atoms with Crippen LogP contribution in [0.25, 0.3) is 0 Å². The number of alkyl halides is 1. The number of hydrogen-bond donors (Lipinski definition) is 0. The maximum atomic E-state index is 14.0. The lowest BCUT2D eigenvalue weighted by Gasteiger charge is -2.40. The van der Waals surface area contributed by atoms with Gasteiger partial charge in [-0.15, -0.1) is 0 Å². The molecule has 1 aliphatic rings. The van der Waals surface area contributed by atoms with Gasteiger partial charge in [0.1, 0.15) is 5.82 Å². The van der Waals surface area contributed by atoms with Crippen LogP contribution in [0.15, 0.2) is 18.2 Å². The Morgan fingerprint density at radius 2 is 2.24 bits per heavy atom. The van der Waals surface area contributed by atoms with Crippen LogP contribution in [-0.2, 0) is 10.1 Å². The predicted molar refractivity (Wildman–Crippen MR) is 71.3 cm³/mol. The van der Waals surface area contributed by atoms with Gasteiger partial charge in [-0.25, -0.2) is 4.39 Å². The van der Waals surface area contributed by atoms with E-state index >= 15 is 0 Å². The second-order valence-electron chi connectivity index (χ2n) is 4.91. The second kappa shape index (κ2) is 4.94. The van der Waals surface area contributed by atoms with Gasteiger partial charge in [0.15, 0.2) is 0 Å². The van der Waals surface area contributed by atoms with E-state index in [-0.39, 0.29) is 11.4 Å². The molecule has 0 radical (unpaired) electrons. The van der Waals surface area contributed by atoms with Gasteiger partial charge in [0, 0.05) is 18.4 Å². The van der Waals surface area contributed by atoms with Crippen molar-refractivity contribution < 1.29 is 9.13 Å². The molecule has 17 heavy (non-hydrogen) atoms. The summed E-state index contributed by atoms with van der Waals surface area (Å²) in [5.41, 5.74) is 1.48. The fourth-order valence-corrected chi connectivity index (χ4v) is 2.68. The van der Waals surface area contributed by atoms with Gasteiger partial charge in [0.2, 0.25) is 0 Å². The largest absolute Gasteiger partial charge is 0.372 e. The molecular formula is C13H17BrFNO. The topological polar surface area (TPSA) is 12.5 Å². The minimum Gasteiger partial charge on any atom is -0.372 e. The molecule has 1 saturated heterocycles. The van der Waals surface area contributed by atoms with E-state index in [0.29, 0.717) is 24.2 Å². The summed E-state index contributed by atoms with van der Waals surface area (Å²) in [7, 11) is 0. The Bertz CT molecular complexity index is 408. The molecule has 0 atom stereocenters. The number of nitrogens with zero attached hydrogens (tertiary/aromatic N) is 1. The Morgan fingerprint density at radius 3 is 2.88 bits per heavy atom. The van der Waals surface area contributed by atoms with Crippen LogP contribution in [0, 0.1) is 5.82 Å². The fraction of sp³-hybridized carbons (Fsp3) is 0.538. The molecule has 2 nitrogen and oxygen atoms in total. The van der Waals surface area contributed by atoms with Gasteiger partial charge in [-0.2, -0.15) is 0 Å². The molecule has 1 aromatic rings. The highest BCUT2D eigenvalue weighted by atomic mass is 79.9. The van der Waals surface area contributed by atoms with Crippen LogP contribution in [0.4, 0.5) is 10.1 Å². The number of anilines is 1. The summed E-state index contributed by atoms with van der Waals surface area (Å²) in [6, 6.07) is 5.22. The first kappa shape index (κ1) is 12.8. The Hall–Kier alpha value is -0.610. The van der Waals surface area contributed by atoms with Gasteiger partial charge < -0.3 is 9.64 Å². The molecule has 94 valence electrons. The summed E-state index contributed by atoms with van der Waals surface area (Å²) in [5, 5.41) is 0.665. The first-order chi connectivity index (χ1) is 8.03. The van der Waals surface area contributed by atoms with E-state index in [2.05, 4.69) is 20.8 Å². The van der Waals surface area contributed by atoms with Crippen LogP contribution in [0.2, 0.25) is 0 Å². The zero-order valence-electron chi connectivity index (χ0n) is 10.2. The average Bonchev–Trinajstić information content (AvgIpc) is 2.27. The van der Waals surface area contributed by atoms with Crippen molar-refractivity contribution in [2.75, 3.05) is 24.6 Å². The van der Waals surface area contributed by atoms with Gasteiger partial charge in [0.05, 0.1) is 17.9 Å². The van der Waals surface area contributed by atoms with Gasteiger partial charge in [-0.3, -0.25) is 0 Å². The minimum absolute atomic E-state index is 0.153. The normalized spacial score (nSPS) is 19.4. The molecule has 0 unspecified atom stereocenters. The molecule has 0 aliphatic carbocycles. The smallest absolute Gasteiger partial charge is 0.146 e. The Kier molecular flexibility index (Phi) is 3.73. The van der Waals surface area contributed by atoms with E-state index in [1.807, 2.05) is 19.9 Å². The number of ether oxygens (including phenoxy) is 1. The van der Waals surface area contributed by atoms with Crippen LogP contribution in [-0.4, -0.2) is 25.3 Å². The quantitative estimate of drug-likeness (QED) is 0.777. The Labute approximate surface area is 110 Å². The third-order valence-electron chi connectivity index (χ3n) is 2.96. The summed E-state index contributed by atoms with van der Waals surface area (Å²) in [6.07, 6.45) is 0. The summed E-state index contributed by atoms with van der Waals surface area (Å²) in [4.78, 5) is 2.08. The zero-order valence-corrected chi connectivity index (χ0v) is 11.8. The van der Waals surface area contributed by atoms with Crippen molar-refractivity contribution in [1.82, 2.24) is 0 Å². The SMILES string of the molecule is CC1(C)CN(c2c(F)cccc2CBr)CCO1. The molecule has 0 aromatic heterocycles. The summed E-state index contributed by atoms with van der Waals surface area (Å²) in [5.74, 6) is -0.153. The number of hydrogen-bond acceptors (Lipinski definition) is 2. The lowest BCUT2D eigenvalue weighted by atomic mass is 10.1. The van der Waals surface area contributed by atoms with Gasteiger partial charge in [-0.05, 0) is 25.5 Å². The third kappa shape index (κ3) is 2.80. The summed E-state index contributed by atoms with van der Waals surface area (Å²) in [6.45, 7) is 6.17. The van der Waals surface area contributed by atoms with Crippen molar-refractivity contribution in [2.24, 2.45) is 0 Å². The van der Waals surface area contributed by atoms with Crippen LogP contribution < -0.4 is 4.90 Å². The van der Waals surface area contributed by atoms with Crippen LogP contribution >= 0.6 is 15.9 Å². The number of para-hydroxylation sites is 1. The summed E-state index contributed by atoms with van der Waals surface area (Å²) < 4.78 is 19.6. The van der Waals surface area contributed by atoms with E-state index in [0.717, 1.165) is 12.1 Å². The predicted octanol–water partition coefficient (Wildman–Crippen LogP) is 3.34. The molecular weight excluding hydrogens is 285 g/mol. The van der Waals surface area contributed by atoms with Crippen molar-refractivity contribution in [3.63, 3.8) is 0 Å². The molecule has 1 aromatic carbocycles. The van der Waals surface area contributed by atoms with E-state index in [4.69, 9.17) is 4.74 Å². The molecule has 2 rings (SSSR count). The van der Waals surface area contributed by atoms with E-state index in [1.165, 1.54) is 6.07 Å². The number of halogens is 2. The monoisotopic (exact) mass is 301 g/mol. The van der Waals surface area contributed by atoms with E-state index in [9.17, 15) is 4.39 Å². The van der Waals surface area contributed by atoms with Gasteiger partial charge >= 0.3 is 0 Å². The summed E-state index contributed by atoms with van der Waals surface area (Å²) >= 11 is 3.41. The highest BCUT2D eigenvalue weighted by molar-refractivity contribution is 9.08. The first-order valence-electron chi connectivity index (χ1n) is 5.76. The van der Waals surface area contributed by atoms with Gasteiger partial charge in [0.25, 0.3) is 0 Å².